The molecule has 40 heteroatoms. The second-order valence-electron chi connectivity index (χ2n) is 33.3. The molecule has 0 aromatic carbocycles. The number of hydrogen-bond acceptors (Lipinski definition) is 32. The minimum Gasteiger partial charge on any atom is -0.358 e. The van der Waals surface area contributed by atoms with E-state index in [0.717, 1.165) is 194 Å². The quantitative estimate of drug-likeness (QED) is 0.0971. The molecule has 8 fully saturated rings. The van der Waals surface area contributed by atoms with Crippen molar-refractivity contribution in [3.05, 3.63) is 331 Å². The highest BCUT2D eigenvalue weighted by molar-refractivity contribution is 8.01. The molecule has 8 aromatic heterocycles. The summed E-state index contributed by atoms with van der Waals surface area (Å²) in [6, 6.07) is 9.04. The fourth-order valence-electron chi connectivity index (χ4n) is 16.8. The Labute approximate surface area is 792 Å². The van der Waals surface area contributed by atoms with Gasteiger partial charge in [0, 0.05) is 108 Å². The van der Waals surface area contributed by atoms with Gasteiger partial charge in [-0.3, -0.25) is 49.0 Å². The molecule has 16 heterocycles. The van der Waals surface area contributed by atoms with Gasteiger partial charge in [0.2, 0.25) is 29.5 Å². The molecular weight excluding hydrogens is 1790 g/mol. The largest absolute Gasteiger partial charge is 0.358 e. The Hall–Kier alpha value is -14.9. The van der Waals surface area contributed by atoms with E-state index in [2.05, 4.69) is 200 Å². The van der Waals surface area contributed by atoms with Gasteiger partial charge < -0.3 is 56.7 Å². The lowest BCUT2D eigenvalue weighted by Crippen LogP contribution is -2.52. The summed E-state index contributed by atoms with van der Waals surface area (Å²) in [5.41, 5.74) is 30.1. The number of fused-ring (bicyclic) bond motifs is 8. The number of nitrogens with zero attached hydrogens (tertiary/aromatic N) is 16. The second-order valence-corrected chi connectivity index (χ2v) is 36.6. The van der Waals surface area contributed by atoms with Crippen molar-refractivity contribution in [3.63, 3.8) is 0 Å². The Morgan fingerprint density at radius 1 is 0.265 bits per heavy atom. The molecule has 37 nitrogen and oxygen atoms in total. The first-order chi connectivity index (χ1) is 65.9. The summed E-state index contributed by atoms with van der Waals surface area (Å²) >= 11 is 4.87. The number of piperazine rings is 2. The van der Waals surface area contributed by atoms with E-state index in [9.17, 15) is 38.4 Å². The van der Waals surface area contributed by atoms with Crippen molar-refractivity contribution in [1.29, 1.82) is 0 Å². The number of hydrogen-bond donors (Lipinski definition) is 10. The smallest absolute Gasteiger partial charge is 0.257 e. The van der Waals surface area contributed by atoms with Crippen molar-refractivity contribution in [3.8, 4) is 0 Å². The number of thioether (sulfide) groups is 3. The fourth-order valence-corrected chi connectivity index (χ4v) is 19.8. The molecule has 8 atom stereocenters. The number of aromatic nitrogens is 16. The maximum atomic E-state index is 11.9. The molecule has 8 unspecified atom stereocenters. The van der Waals surface area contributed by atoms with Gasteiger partial charge in [-0.05, 0) is 180 Å². The molecule has 16 aliphatic rings. The highest BCUT2D eigenvalue weighted by Crippen LogP contribution is 2.39. The predicted octanol–water partition coefficient (Wildman–Crippen LogP) is 4.85. The van der Waals surface area contributed by atoms with Crippen LogP contribution < -0.4 is 53.2 Å². The number of ether oxygens (including phenoxy) is 3. The van der Waals surface area contributed by atoms with Crippen molar-refractivity contribution in [2.45, 2.75) is 97.5 Å². The summed E-state index contributed by atoms with van der Waals surface area (Å²) in [7, 11) is 0. The van der Waals surface area contributed by atoms with Crippen LogP contribution in [0.1, 0.15) is 89.7 Å². The average molecular weight is 1880 g/mol. The molecule has 8 aliphatic heterocycles. The van der Waals surface area contributed by atoms with Crippen LogP contribution in [0.3, 0.4) is 0 Å². The lowest BCUT2D eigenvalue weighted by Gasteiger charge is -2.25. The Morgan fingerprint density at radius 2 is 0.544 bits per heavy atom. The number of morpholine rings is 3. The Morgan fingerprint density at radius 3 is 0.941 bits per heavy atom. The molecule has 0 bridgehead atoms. The second kappa shape index (κ2) is 42.1. The summed E-state index contributed by atoms with van der Waals surface area (Å²) in [6.07, 6.45) is 38.7. The summed E-state index contributed by atoms with van der Waals surface area (Å²) in [6.45, 7) is 32.1. The van der Waals surface area contributed by atoms with Crippen LogP contribution in [0.4, 0.5) is 0 Å². The van der Waals surface area contributed by atoms with Gasteiger partial charge in [0.05, 0.1) is 104 Å². The third kappa shape index (κ3) is 22.3. The SMILES string of the molecule is C=C1CNC(C2=Cc3ccnnc3C2)C(=O)N1.C=C1CNC(C2=Cc3cnncc3C2)C(=O)N1.C=C1COC(C2=Cc3ccnnc3C2)C(=O)N1.C=C1COC(C2=Cc3cnncc3C2)C(=O)N1.C=C1COC(C2=Cc3nnccc3C2)C(=O)N1.C=C1CSC(C2=Cc3ccnnc3C2)C(=O)N1.C=C1CSC(C2=Cc3cnncc3C2)C(=O)N1.C=C1CSC(C2=Cc3nnccc3C2)C(=O)N1. The number of nitrogens with one attached hydrogen (secondary N) is 10. The summed E-state index contributed by atoms with van der Waals surface area (Å²) in [5.74, 6) is 1.85. The molecule has 0 spiro atoms. The van der Waals surface area contributed by atoms with Crippen LogP contribution in [0.5, 0.6) is 0 Å². The van der Waals surface area contributed by atoms with E-state index in [0.29, 0.717) is 87.1 Å². The first-order valence-corrected chi connectivity index (χ1v) is 46.2. The molecule has 24 rings (SSSR count). The number of carbonyl (C=O) groups is 8. The average Bonchev–Trinajstić information content (AvgIpc) is 1.71. The zero-order valence-corrected chi connectivity index (χ0v) is 75.8. The third-order valence-electron chi connectivity index (χ3n) is 23.2. The van der Waals surface area contributed by atoms with Crippen LogP contribution in [0.25, 0.3) is 48.6 Å². The van der Waals surface area contributed by atoms with E-state index < -0.39 is 18.3 Å². The zero-order chi connectivity index (χ0) is 94.6. The molecule has 0 radical (unpaired) electrons. The van der Waals surface area contributed by atoms with Crippen LogP contribution in [0.15, 0.2) is 241 Å². The predicted molar refractivity (Wildman–Crippen MR) is 510 cm³/mol. The van der Waals surface area contributed by atoms with Gasteiger partial charge in [-0.2, -0.15) is 81.6 Å². The molecule has 8 saturated heterocycles. The normalized spacial score (nSPS) is 23.1. The van der Waals surface area contributed by atoms with E-state index in [1.165, 1.54) is 0 Å². The van der Waals surface area contributed by atoms with Crippen molar-refractivity contribution in [1.82, 2.24) is 135 Å². The molecule has 10 N–H and O–H groups in total. The Bertz CT molecular complexity index is 5470. The standard InChI is InChI=1S/2C12H12N4O.3C12H11N3O2.3C12H11N3OS/c1-7-4-13-11(12(17)16-7)8-2-9-5-14-15-6-10(9)3-8;1-7-6-13-11(12(17)15-7)9-4-8-2-3-14-16-10(8)5-9;1-7-6-17-11(12(16)15-7)8-2-9-4-13-14-5-10(9)3-8;2*1-7-6-17-11(12(16)14-7)9-4-8-2-3-13-15-10(8)5-9;1-7-6-17-11(12(16)15-7)8-2-9-4-13-14-5-10(9)3-8;2*1-7-6-17-11(12(16)14-7)9-4-8-2-3-13-15-10(8)5-9/h2,5-6,11,13H,1,3-4H2,(H,16,17);2-4,11,13H,1,5-6H2,(H,15,17);2,4-5,11H,1,3,6H2,(H,15,16);2-3,5,11H,1,4,6H2,(H,14,16);2-4,11H,1,5-6H2,(H,14,16);2,4-5,11H,1,3,6H2,(H,15,16);2-3,5,11H,1,4,6H2,(H,14,16);2-4,11H,1,5-6H2,(H,14,16). The van der Waals surface area contributed by atoms with Crippen LogP contribution in [-0.2, 0) is 104 Å². The zero-order valence-electron chi connectivity index (χ0n) is 73.3. The van der Waals surface area contributed by atoms with Crippen molar-refractivity contribution in [2.75, 3.05) is 50.2 Å². The number of carbonyl (C=O) groups excluding carboxylic acids is 8. The maximum Gasteiger partial charge on any atom is 0.257 e. The minimum atomic E-state index is -0.533. The van der Waals surface area contributed by atoms with Gasteiger partial charge in [0.15, 0.2) is 18.3 Å². The van der Waals surface area contributed by atoms with E-state index >= 15 is 0 Å². The molecule has 136 heavy (non-hydrogen) atoms. The molecule has 8 aliphatic carbocycles. The van der Waals surface area contributed by atoms with Crippen LogP contribution in [-0.4, -0.2) is 225 Å². The van der Waals surface area contributed by atoms with Gasteiger partial charge in [0.25, 0.3) is 17.7 Å². The van der Waals surface area contributed by atoms with Crippen molar-refractivity contribution >= 4 is 131 Å². The van der Waals surface area contributed by atoms with Gasteiger partial charge in [-0.25, -0.2) is 0 Å². The Balaban J connectivity index is 0.000000108. The van der Waals surface area contributed by atoms with Crippen molar-refractivity contribution < 1.29 is 52.6 Å². The third-order valence-corrected chi connectivity index (χ3v) is 27.3. The lowest BCUT2D eigenvalue weighted by atomic mass is 10.0. The van der Waals surface area contributed by atoms with Gasteiger partial charge in [-0.15, -0.1) is 35.3 Å². The lowest BCUT2D eigenvalue weighted by molar-refractivity contribution is -0.133. The molecule has 688 valence electrons. The topological polar surface area (TPSA) is 491 Å². The van der Waals surface area contributed by atoms with E-state index in [4.69, 9.17) is 14.2 Å². The van der Waals surface area contributed by atoms with E-state index in [-0.39, 0.29) is 75.1 Å². The van der Waals surface area contributed by atoms with Gasteiger partial charge in [0.1, 0.15) is 27.8 Å². The van der Waals surface area contributed by atoms with Gasteiger partial charge >= 0.3 is 0 Å². The minimum absolute atomic E-state index is 0.0262. The highest BCUT2D eigenvalue weighted by Gasteiger charge is 2.39. The maximum absolute atomic E-state index is 11.9. The molecule has 0 saturated carbocycles. The molecular formula is C96H90N26O11S3. The van der Waals surface area contributed by atoms with Gasteiger partial charge in [-0.1, -0.05) is 89.1 Å². The van der Waals surface area contributed by atoms with Crippen LogP contribution in [0.2, 0.25) is 0 Å². The molecule has 8 amide bonds. The van der Waals surface area contributed by atoms with E-state index in [1.54, 1.807) is 103 Å². The van der Waals surface area contributed by atoms with E-state index in [1.807, 2.05) is 66.8 Å². The first kappa shape index (κ1) is 92.9. The first-order valence-electron chi connectivity index (χ1n) is 43.0. The Kier molecular flexibility index (Phi) is 28.8. The summed E-state index contributed by atoms with van der Waals surface area (Å²) in [5, 5.41) is 90.5. The summed E-state index contributed by atoms with van der Waals surface area (Å²) in [4.78, 5) is 94.6. The monoisotopic (exact) mass is 1880 g/mol. The number of rotatable bonds is 8. The van der Waals surface area contributed by atoms with Crippen LogP contribution >= 0.6 is 35.3 Å². The fraction of sp³-hybridized carbons (Fsp3) is 0.250. The van der Waals surface area contributed by atoms with Crippen LogP contribution in [0, 0.1) is 0 Å². The highest BCUT2D eigenvalue weighted by atomic mass is 32.2. The number of amides is 8. The summed E-state index contributed by atoms with van der Waals surface area (Å²) < 4.78 is 16.5. The van der Waals surface area contributed by atoms with Crippen molar-refractivity contribution in [2.24, 2.45) is 0 Å². The molecule has 8 aromatic rings.